The third kappa shape index (κ3) is 6.96. The van der Waals surface area contributed by atoms with Crippen molar-refractivity contribution in [1.82, 2.24) is 5.32 Å². The van der Waals surface area contributed by atoms with Gasteiger partial charge in [-0.2, -0.15) is 0 Å². The van der Waals surface area contributed by atoms with Crippen molar-refractivity contribution in [2.75, 3.05) is 34.3 Å². The van der Waals surface area contributed by atoms with Crippen molar-refractivity contribution in [1.29, 1.82) is 0 Å². The molecule has 1 unspecified atom stereocenters. The summed E-state index contributed by atoms with van der Waals surface area (Å²) in [5.74, 6) is 0. The molecule has 0 rings (SSSR count). The Hall–Kier alpha value is -1.03. The summed E-state index contributed by atoms with van der Waals surface area (Å²) in [7, 11) is 6.42. The largest absolute Gasteiger partial charge is 0.445 e. The molecule has 1 amide bonds. The summed E-state index contributed by atoms with van der Waals surface area (Å²) in [5, 5.41) is 2.70. The van der Waals surface area contributed by atoms with E-state index in [1.165, 1.54) is 0 Å². The number of hydrogen-bond acceptors (Lipinski definition) is 2. The van der Waals surface area contributed by atoms with Gasteiger partial charge in [-0.1, -0.05) is 12.7 Å². The van der Waals surface area contributed by atoms with Crippen molar-refractivity contribution in [3.8, 4) is 0 Å². The highest BCUT2D eigenvalue weighted by molar-refractivity contribution is 5.67. The molecule has 0 heterocycles. The molecule has 4 nitrogen and oxygen atoms in total. The van der Waals surface area contributed by atoms with Crippen LogP contribution in [0.1, 0.15) is 13.3 Å². The second-order valence-corrected chi connectivity index (χ2v) is 4.57. The Bertz CT molecular complexity index is 209. The normalized spacial score (nSPS) is 13.1. The molecule has 0 saturated carbocycles. The predicted molar refractivity (Wildman–Crippen MR) is 61.7 cm³/mol. The maximum atomic E-state index is 11.0. The van der Waals surface area contributed by atoms with E-state index in [2.05, 4.69) is 40.0 Å². The van der Waals surface area contributed by atoms with Gasteiger partial charge in [0, 0.05) is 13.0 Å². The molecule has 0 aromatic heterocycles. The first-order valence-corrected chi connectivity index (χ1v) is 5.20. The number of carbonyl (C=O) groups is 1. The number of quaternary nitrogens is 1. The van der Waals surface area contributed by atoms with Crippen LogP contribution in [0.5, 0.6) is 0 Å². The molecule has 4 heteroatoms. The molecule has 0 aliphatic carbocycles. The number of carbonyl (C=O) groups excluding carboxylic acids is 1. The molecule has 0 aliphatic heterocycles. The fourth-order valence-electron chi connectivity index (χ4n) is 0.956. The second-order valence-electron chi connectivity index (χ2n) is 4.57. The fraction of sp³-hybridized carbons (Fsp3) is 0.727. The first-order valence-electron chi connectivity index (χ1n) is 5.20. The van der Waals surface area contributed by atoms with E-state index >= 15 is 0 Å². The lowest BCUT2D eigenvalue weighted by Gasteiger charge is -2.31. The Morgan fingerprint density at radius 1 is 1.53 bits per heavy atom. The van der Waals surface area contributed by atoms with Crippen LogP contribution in [0.4, 0.5) is 4.79 Å². The molecule has 1 atom stereocenters. The van der Waals surface area contributed by atoms with Crippen LogP contribution in [-0.2, 0) is 4.74 Å². The highest BCUT2D eigenvalue weighted by atomic mass is 16.5. The van der Waals surface area contributed by atoms with Crippen molar-refractivity contribution in [2.45, 2.75) is 19.4 Å². The minimum atomic E-state index is -0.372. The summed E-state index contributed by atoms with van der Waals surface area (Å²) < 4.78 is 5.68. The molecule has 1 N–H and O–H groups in total. The maximum absolute atomic E-state index is 11.0. The molecular weight excluding hydrogens is 192 g/mol. The molecule has 0 aromatic carbocycles. The highest BCUT2D eigenvalue weighted by Gasteiger charge is 2.17. The van der Waals surface area contributed by atoms with Crippen LogP contribution in [-0.4, -0.2) is 50.9 Å². The van der Waals surface area contributed by atoms with Crippen molar-refractivity contribution in [3.63, 3.8) is 0 Å². The minimum Gasteiger partial charge on any atom is -0.445 e. The smallest absolute Gasteiger partial charge is 0.407 e. The lowest BCUT2D eigenvalue weighted by Crippen LogP contribution is -2.44. The zero-order valence-electron chi connectivity index (χ0n) is 10.2. The molecule has 0 aliphatic rings. The average Bonchev–Trinajstić information content (AvgIpc) is 2.13. The van der Waals surface area contributed by atoms with Gasteiger partial charge >= 0.3 is 6.09 Å². The lowest BCUT2D eigenvalue weighted by molar-refractivity contribution is -0.894. The monoisotopic (exact) mass is 215 g/mol. The Morgan fingerprint density at radius 3 is 2.60 bits per heavy atom. The Morgan fingerprint density at radius 2 is 2.13 bits per heavy atom. The molecule has 15 heavy (non-hydrogen) atoms. The van der Waals surface area contributed by atoms with Crippen LogP contribution in [0.3, 0.4) is 0 Å². The molecular formula is C11H23N2O2+. The van der Waals surface area contributed by atoms with Crippen molar-refractivity contribution in [3.05, 3.63) is 12.7 Å². The summed E-state index contributed by atoms with van der Waals surface area (Å²) in [6, 6.07) is 0.504. The molecule has 0 radical (unpaired) electrons. The average molecular weight is 215 g/mol. The summed E-state index contributed by atoms with van der Waals surface area (Å²) in [6.07, 6.45) is 2.12. The minimum absolute atomic E-state index is 0.261. The predicted octanol–water partition coefficient (Wildman–Crippen LogP) is 1.38. The molecule has 0 fully saturated rings. The van der Waals surface area contributed by atoms with Gasteiger partial charge in [-0.05, 0) is 6.92 Å². The van der Waals surface area contributed by atoms with Gasteiger partial charge in [-0.15, -0.1) is 0 Å². The van der Waals surface area contributed by atoms with Crippen LogP contribution in [0.25, 0.3) is 0 Å². The molecule has 0 spiro atoms. The maximum Gasteiger partial charge on any atom is 0.407 e. The van der Waals surface area contributed by atoms with E-state index in [0.717, 1.165) is 10.9 Å². The van der Waals surface area contributed by atoms with Crippen LogP contribution in [0.2, 0.25) is 0 Å². The zero-order valence-corrected chi connectivity index (χ0v) is 10.2. The SMILES string of the molecule is C=CCOC(=O)NCCC(C)[N+](C)(C)C. The highest BCUT2D eigenvalue weighted by Crippen LogP contribution is 2.05. The van der Waals surface area contributed by atoms with Gasteiger partial charge in [-0.3, -0.25) is 0 Å². The number of rotatable bonds is 6. The molecule has 0 saturated heterocycles. The molecule has 0 bridgehead atoms. The number of amides is 1. The zero-order chi connectivity index (χ0) is 11.9. The Labute approximate surface area is 92.5 Å². The van der Waals surface area contributed by atoms with Crippen LogP contribution in [0, 0.1) is 0 Å². The summed E-state index contributed by atoms with van der Waals surface area (Å²) >= 11 is 0. The first-order chi connectivity index (χ1) is 6.88. The second kappa shape index (κ2) is 6.45. The van der Waals surface area contributed by atoms with Crippen molar-refractivity contribution < 1.29 is 14.0 Å². The van der Waals surface area contributed by atoms with Crippen LogP contribution >= 0.6 is 0 Å². The van der Waals surface area contributed by atoms with Crippen molar-refractivity contribution >= 4 is 6.09 Å². The summed E-state index contributed by atoms with van der Waals surface area (Å²) in [4.78, 5) is 11.0. The van der Waals surface area contributed by atoms with E-state index in [1.54, 1.807) is 6.08 Å². The Kier molecular flexibility index (Phi) is 6.01. The summed E-state index contributed by atoms with van der Waals surface area (Å²) in [5.41, 5.74) is 0. The van der Waals surface area contributed by atoms with E-state index in [4.69, 9.17) is 4.74 Å². The number of nitrogens with one attached hydrogen (secondary N) is 1. The third-order valence-corrected chi connectivity index (χ3v) is 2.49. The van der Waals surface area contributed by atoms with Gasteiger partial charge in [-0.25, -0.2) is 4.79 Å². The van der Waals surface area contributed by atoms with E-state index in [9.17, 15) is 4.79 Å². The van der Waals surface area contributed by atoms with E-state index < -0.39 is 0 Å². The van der Waals surface area contributed by atoms with Crippen LogP contribution in [0.15, 0.2) is 12.7 Å². The van der Waals surface area contributed by atoms with Gasteiger partial charge in [0.2, 0.25) is 0 Å². The summed E-state index contributed by atoms with van der Waals surface area (Å²) in [6.45, 7) is 6.54. The number of nitrogens with zero attached hydrogens (tertiary/aromatic N) is 1. The third-order valence-electron chi connectivity index (χ3n) is 2.49. The molecule has 0 aromatic rings. The standard InChI is InChI=1S/C11H22N2O2/c1-6-9-15-11(14)12-8-7-10(2)13(3,4)5/h6,10H,1,7-9H2,2-5H3/p+1. The fourth-order valence-corrected chi connectivity index (χ4v) is 0.956. The number of ether oxygens (including phenoxy) is 1. The van der Waals surface area contributed by atoms with Crippen LogP contribution < -0.4 is 5.32 Å². The van der Waals surface area contributed by atoms with Gasteiger partial charge in [0.1, 0.15) is 6.61 Å². The topological polar surface area (TPSA) is 38.3 Å². The van der Waals surface area contributed by atoms with E-state index in [1.807, 2.05) is 0 Å². The van der Waals surface area contributed by atoms with Gasteiger partial charge in [0.15, 0.2) is 0 Å². The first kappa shape index (κ1) is 14.0. The van der Waals surface area contributed by atoms with Gasteiger partial charge in [0.25, 0.3) is 0 Å². The van der Waals surface area contributed by atoms with Gasteiger partial charge in [0.05, 0.1) is 27.2 Å². The van der Waals surface area contributed by atoms with Gasteiger partial charge < -0.3 is 14.5 Å². The quantitative estimate of drug-likeness (QED) is 0.537. The molecule has 88 valence electrons. The number of hydrogen-bond donors (Lipinski definition) is 1. The number of alkyl carbamates (subject to hydrolysis) is 1. The van der Waals surface area contributed by atoms with Crippen molar-refractivity contribution in [2.24, 2.45) is 0 Å². The van der Waals surface area contributed by atoms with E-state index in [-0.39, 0.29) is 12.7 Å². The lowest BCUT2D eigenvalue weighted by atomic mass is 10.2. The Balaban J connectivity index is 3.61. The van der Waals surface area contributed by atoms with E-state index in [0.29, 0.717) is 12.6 Å².